The number of aromatic amines is 1. The van der Waals surface area contributed by atoms with E-state index in [2.05, 4.69) is 9.72 Å². The van der Waals surface area contributed by atoms with E-state index in [0.29, 0.717) is 22.9 Å². The number of carboxylic acid groups (broad SMARTS) is 1. The van der Waals surface area contributed by atoms with Gasteiger partial charge in [0, 0.05) is 16.5 Å². The topological polar surface area (TPSA) is 62.3 Å². The van der Waals surface area contributed by atoms with E-state index in [0.717, 1.165) is 0 Å². The van der Waals surface area contributed by atoms with E-state index in [9.17, 15) is 9.18 Å². The van der Waals surface area contributed by atoms with Gasteiger partial charge in [0.25, 0.3) is 0 Å². The fourth-order valence-electron chi connectivity index (χ4n) is 1.72. The predicted molar refractivity (Wildman–Crippen MR) is 56.3 cm³/mol. The summed E-state index contributed by atoms with van der Waals surface area (Å²) in [4.78, 5) is 13.3. The van der Waals surface area contributed by atoms with Crippen molar-refractivity contribution >= 4 is 17.1 Å². The van der Waals surface area contributed by atoms with Crippen LogP contribution >= 0.6 is 0 Å². The van der Waals surface area contributed by atoms with Crippen LogP contribution in [0, 0.1) is 5.82 Å². The maximum atomic E-state index is 13.1. The van der Waals surface area contributed by atoms with Crippen molar-refractivity contribution in [2.45, 2.75) is 13.3 Å². The summed E-state index contributed by atoms with van der Waals surface area (Å²) in [5, 5.41) is 9.20. The largest absolute Gasteiger partial charge is 0.512 e. The molecule has 16 heavy (non-hydrogen) atoms. The first-order valence-electron chi connectivity index (χ1n) is 4.82. The third-order valence-electron chi connectivity index (χ3n) is 2.37. The molecule has 0 radical (unpaired) electrons. The Morgan fingerprint density at radius 2 is 2.31 bits per heavy atom. The van der Waals surface area contributed by atoms with Gasteiger partial charge in [-0.1, -0.05) is 6.92 Å². The Bertz CT molecular complexity index is 547. The van der Waals surface area contributed by atoms with Gasteiger partial charge in [0.15, 0.2) is 0 Å². The average Bonchev–Trinajstić information content (AvgIpc) is 2.53. The van der Waals surface area contributed by atoms with Crippen LogP contribution in [0.15, 0.2) is 18.2 Å². The second-order valence-electron chi connectivity index (χ2n) is 3.34. The van der Waals surface area contributed by atoms with Gasteiger partial charge in [-0.15, -0.1) is 0 Å². The Labute approximate surface area is 90.7 Å². The molecule has 0 unspecified atom stereocenters. The summed E-state index contributed by atoms with van der Waals surface area (Å²) in [7, 11) is 0. The molecule has 0 atom stereocenters. The van der Waals surface area contributed by atoms with Crippen LogP contribution in [0.5, 0.6) is 5.88 Å². The highest BCUT2D eigenvalue weighted by molar-refractivity contribution is 5.86. The minimum atomic E-state index is -1.39. The summed E-state index contributed by atoms with van der Waals surface area (Å²) in [6, 6.07) is 4.22. The number of aromatic nitrogens is 1. The highest BCUT2D eigenvalue weighted by Gasteiger charge is 2.14. The Balaban J connectivity index is 2.62. The first-order valence-corrected chi connectivity index (χ1v) is 4.82. The zero-order chi connectivity index (χ0) is 11.7. The summed E-state index contributed by atoms with van der Waals surface area (Å²) < 4.78 is 17.7. The third kappa shape index (κ3) is 1.71. The van der Waals surface area contributed by atoms with Crippen LogP contribution in [0.2, 0.25) is 0 Å². The van der Waals surface area contributed by atoms with E-state index in [-0.39, 0.29) is 11.7 Å². The molecule has 0 amide bonds. The van der Waals surface area contributed by atoms with Gasteiger partial charge >= 0.3 is 6.16 Å². The first-order chi connectivity index (χ1) is 7.61. The number of H-pyrrole nitrogens is 1. The van der Waals surface area contributed by atoms with Gasteiger partial charge in [-0.05, 0) is 24.6 Å². The summed E-state index contributed by atoms with van der Waals surface area (Å²) in [6.07, 6.45) is -0.826. The van der Waals surface area contributed by atoms with Crippen molar-refractivity contribution in [3.8, 4) is 5.88 Å². The van der Waals surface area contributed by atoms with Crippen molar-refractivity contribution in [2.24, 2.45) is 0 Å². The van der Waals surface area contributed by atoms with Crippen LogP contribution < -0.4 is 4.74 Å². The molecule has 84 valence electrons. The smallest absolute Gasteiger partial charge is 0.449 e. The van der Waals surface area contributed by atoms with Crippen LogP contribution in [0.1, 0.15) is 12.5 Å². The van der Waals surface area contributed by atoms with E-state index in [1.165, 1.54) is 12.1 Å². The van der Waals surface area contributed by atoms with E-state index in [1.54, 1.807) is 6.07 Å². The molecular weight excluding hydrogens is 213 g/mol. The van der Waals surface area contributed by atoms with Crippen LogP contribution in [-0.4, -0.2) is 16.2 Å². The molecule has 0 bridgehead atoms. The lowest BCUT2D eigenvalue weighted by Gasteiger charge is -1.99. The monoisotopic (exact) mass is 223 g/mol. The van der Waals surface area contributed by atoms with E-state index in [1.807, 2.05) is 6.92 Å². The molecule has 1 heterocycles. The highest BCUT2D eigenvalue weighted by Crippen LogP contribution is 2.29. The van der Waals surface area contributed by atoms with Crippen LogP contribution in [-0.2, 0) is 6.42 Å². The maximum Gasteiger partial charge on any atom is 0.512 e. The van der Waals surface area contributed by atoms with Crippen molar-refractivity contribution in [1.82, 2.24) is 4.98 Å². The molecule has 2 rings (SSSR count). The summed E-state index contributed by atoms with van der Waals surface area (Å²) in [6.45, 7) is 1.85. The van der Waals surface area contributed by atoms with Crippen molar-refractivity contribution in [3.63, 3.8) is 0 Å². The average molecular weight is 223 g/mol. The molecule has 0 aliphatic heterocycles. The second-order valence-corrected chi connectivity index (χ2v) is 3.34. The number of hydrogen-bond acceptors (Lipinski definition) is 2. The molecule has 1 aromatic heterocycles. The minimum Gasteiger partial charge on any atom is -0.449 e. The number of fused-ring (bicyclic) bond motifs is 1. The predicted octanol–water partition coefficient (Wildman–Crippen LogP) is 2.93. The maximum absolute atomic E-state index is 13.1. The molecule has 4 nitrogen and oxygen atoms in total. The van der Waals surface area contributed by atoms with Gasteiger partial charge in [0.2, 0.25) is 5.88 Å². The Kier molecular flexibility index (Phi) is 2.52. The number of hydrogen-bond donors (Lipinski definition) is 2. The van der Waals surface area contributed by atoms with Crippen LogP contribution in [0.4, 0.5) is 9.18 Å². The molecule has 5 heteroatoms. The van der Waals surface area contributed by atoms with E-state index < -0.39 is 6.16 Å². The SMILES string of the molecule is CCc1c(OC(=O)O)[nH]c2ccc(F)cc12. The molecule has 2 aromatic rings. The Morgan fingerprint density at radius 3 is 2.94 bits per heavy atom. The lowest BCUT2D eigenvalue weighted by atomic mass is 10.1. The van der Waals surface area contributed by atoms with Gasteiger partial charge in [-0.3, -0.25) is 0 Å². The number of nitrogens with one attached hydrogen (secondary N) is 1. The zero-order valence-electron chi connectivity index (χ0n) is 8.58. The number of carbonyl (C=O) groups is 1. The van der Waals surface area contributed by atoms with Crippen molar-refractivity contribution in [3.05, 3.63) is 29.6 Å². The summed E-state index contributed by atoms with van der Waals surface area (Å²) >= 11 is 0. The number of benzene rings is 1. The fourth-order valence-corrected chi connectivity index (χ4v) is 1.72. The molecule has 1 aromatic carbocycles. The molecule has 0 aliphatic carbocycles. The highest BCUT2D eigenvalue weighted by atomic mass is 19.1. The van der Waals surface area contributed by atoms with Gasteiger partial charge in [-0.25, -0.2) is 9.18 Å². The van der Waals surface area contributed by atoms with Crippen molar-refractivity contribution in [2.75, 3.05) is 0 Å². The molecule has 0 fully saturated rings. The quantitative estimate of drug-likeness (QED) is 0.769. The number of rotatable bonds is 2. The lowest BCUT2D eigenvalue weighted by molar-refractivity contribution is 0.142. The molecule has 0 spiro atoms. The third-order valence-corrected chi connectivity index (χ3v) is 2.37. The standard InChI is InChI=1S/C11H10FNO3/c1-2-7-8-5-6(12)3-4-9(8)13-10(7)16-11(14)15/h3-5,13H,2H2,1H3,(H,14,15). The molecule has 0 aliphatic rings. The Hall–Kier alpha value is -2.04. The van der Waals surface area contributed by atoms with Crippen molar-refractivity contribution in [1.29, 1.82) is 0 Å². The number of ether oxygens (including phenoxy) is 1. The summed E-state index contributed by atoms with van der Waals surface area (Å²) in [5.41, 5.74) is 1.33. The van der Waals surface area contributed by atoms with Gasteiger partial charge in [0.1, 0.15) is 5.82 Å². The van der Waals surface area contributed by atoms with Crippen LogP contribution in [0.3, 0.4) is 0 Å². The summed E-state index contributed by atoms with van der Waals surface area (Å²) in [5.74, 6) is -0.196. The number of halogens is 1. The first kappa shape index (κ1) is 10.5. The molecular formula is C11H10FNO3. The zero-order valence-corrected chi connectivity index (χ0v) is 8.58. The second kappa shape index (κ2) is 3.84. The number of aryl methyl sites for hydroxylation is 1. The van der Waals surface area contributed by atoms with E-state index in [4.69, 9.17) is 5.11 Å². The van der Waals surface area contributed by atoms with Gasteiger partial charge in [-0.2, -0.15) is 0 Å². The molecule has 0 saturated carbocycles. The van der Waals surface area contributed by atoms with Gasteiger partial charge < -0.3 is 14.8 Å². The van der Waals surface area contributed by atoms with Crippen molar-refractivity contribution < 1.29 is 19.0 Å². The normalized spacial score (nSPS) is 10.6. The molecule has 2 N–H and O–H groups in total. The van der Waals surface area contributed by atoms with Crippen LogP contribution in [0.25, 0.3) is 10.9 Å². The molecule has 0 saturated heterocycles. The minimum absolute atomic E-state index is 0.163. The van der Waals surface area contributed by atoms with E-state index >= 15 is 0 Å². The fraction of sp³-hybridized carbons (Fsp3) is 0.182. The Morgan fingerprint density at radius 1 is 1.56 bits per heavy atom. The lowest BCUT2D eigenvalue weighted by Crippen LogP contribution is -2.04. The van der Waals surface area contributed by atoms with Gasteiger partial charge in [0.05, 0.1) is 0 Å².